The lowest BCUT2D eigenvalue weighted by Gasteiger charge is -2.04. The second-order valence-electron chi connectivity index (χ2n) is 2.74. The molecule has 0 saturated heterocycles. The fourth-order valence-corrected chi connectivity index (χ4v) is 2.12. The van der Waals surface area contributed by atoms with Crippen molar-refractivity contribution in [1.82, 2.24) is 5.43 Å². The van der Waals surface area contributed by atoms with E-state index in [1.807, 2.05) is 0 Å². The minimum Gasteiger partial charge on any atom is -0.506 e. The van der Waals surface area contributed by atoms with Gasteiger partial charge in [-0.3, -0.25) is 0 Å². The van der Waals surface area contributed by atoms with Gasteiger partial charge < -0.3 is 15.9 Å². The average molecular weight is 370 g/mol. The lowest BCUT2D eigenvalue weighted by molar-refractivity contribution is -0.499. The van der Waals surface area contributed by atoms with Crippen molar-refractivity contribution in [2.75, 3.05) is 0 Å². The van der Waals surface area contributed by atoms with Gasteiger partial charge in [-0.1, -0.05) is 0 Å². The number of hydrogen-bond donors (Lipinski definition) is 5. The fourth-order valence-electron chi connectivity index (χ4n) is 0.912. The lowest BCUT2D eigenvalue weighted by Crippen LogP contribution is -2.82. The monoisotopic (exact) mass is 368 g/mol. The van der Waals surface area contributed by atoms with E-state index >= 15 is 0 Å². The van der Waals surface area contributed by atoms with Crippen LogP contribution in [0.2, 0.25) is 0 Å². The molecule has 0 radical (unpaired) electrons. The Morgan fingerprint density at radius 3 is 2.62 bits per heavy atom. The molecule has 0 saturated carbocycles. The van der Waals surface area contributed by atoms with Crippen LogP contribution < -0.4 is 16.3 Å². The van der Waals surface area contributed by atoms with Crippen LogP contribution in [0.1, 0.15) is 5.56 Å². The van der Waals surface area contributed by atoms with Crippen molar-refractivity contribution in [3.05, 3.63) is 20.6 Å². The summed E-state index contributed by atoms with van der Waals surface area (Å²) in [5.41, 5.74) is 8.11. The summed E-state index contributed by atoms with van der Waals surface area (Å²) in [4.78, 5) is 0. The third-order valence-electron chi connectivity index (χ3n) is 1.62. The molecule has 0 aliphatic carbocycles. The molecule has 0 aliphatic heterocycles. The molecule has 6 N–H and O–H groups in total. The molecule has 0 atom stereocenters. The first-order chi connectivity index (χ1) is 7.43. The number of nitrogens with two attached hydrogens (primary N) is 1. The molecule has 16 heavy (non-hydrogen) atoms. The summed E-state index contributed by atoms with van der Waals surface area (Å²) in [5, 5.41) is 21.8. The Bertz CT molecular complexity index is 465. The van der Waals surface area contributed by atoms with Crippen molar-refractivity contribution in [1.29, 1.82) is 0 Å². The number of nitrogens with one attached hydrogen (secondary N) is 2. The van der Waals surface area contributed by atoms with Crippen LogP contribution in [0.3, 0.4) is 0 Å². The Balaban J connectivity index is 3.06. The second kappa shape index (κ2) is 5.46. The van der Waals surface area contributed by atoms with Crippen LogP contribution in [0.15, 0.2) is 15.0 Å². The number of benzene rings is 1. The largest absolute Gasteiger partial charge is 0.506 e. The highest BCUT2D eigenvalue weighted by molar-refractivity contribution is 9.11. The van der Waals surface area contributed by atoms with E-state index in [2.05, 4.69) is 54.6 Å². The molecular formula is C8H8Br2N3O2S+. The number of hydrogen-bond acceptors (Lipinski definition) is 3. The van der Waals surface area contributed by atoms with Gasteiger partial charge in [0.2, 0.25) is 11.3 Å². The van der Waals surface area contributed by atoms with Gasteiger partial charge >= 0.3 is 0 Å². The number of hydrazone groups is 1. The van der Waals surface area contributed by atoms with Gasteiger partial charge in [-0.2, -0.15) is 0 Å². The molecule has 1 aromatic carbocycles. The topological polar surface area (TPSA) is 92.5 Å². The molecule has 0 unspecified atom stereocenters. The molecule has 0 aliphatic rings. The Kier molecular flexibility index (Phi) is 4.51. The van der Waals surface area contributed by atoms with Gasteiger partial charge in [-0.25, -0.2) is 0 Å². The summed E-state index contributed by atoms with van der Waals surface area (Å²) in [6, 6.07) is 1.53. The predicted octanol–water partition coefficient (Wildman–Crippen LogP) is -0.129. The van der Waals surface area contributed by atoms with Crippen LogP contribution in [0.5, 0.6) is 11.5 Å². The van der Waals surface area contributed by atoms with Gasteiger partial charge in [0.05, 0.1) is 10.0 Å². The smallest absolute Gasteiger partial charge is 0.221 e. The van der Waals surface area contributed by atoms with Crippen LogP contribution in [-0.4, -0.2) is 21.5 Å². The van der Waals surface area contributed by atoms with E-state index in [1.165, 1.54) is 12.3 Å². The van der Waals surface area contributed by atoms with Gasteiger partial charge in [-0.15, -0.1) is 10.5 Å². The van der Waals surface area contributed by atoms with Crippen LogP contribution in [0, 0.1) is 0 Å². The van der Waals surface area contributed by atoms with Gasteiger partial charge in [0, 0.05) is 0 Å². The van der Waals surface area contributed by atoms with Gasteiger partial charge in [0.15, 0.2) is 0 Å². The number of thiocarbonyl (C=S) groups is 1. The zero-order chi connectivity index (χ0) is 12.3. The summed E-state index contributed by atoms with van der Waals surface area (Å²) in [6.45, 7) is 0. The van der Waals surface area contributed by atoms with Gasteiger partial charge in [0.25, 0.3) is 0 Å². The minimum absolute atomic E-state index is 0.0723. The molecule has 0 heterocycles. The first-order valence-corrected chi connectivity index (χ1v) is 5.97. The Morgan fingerprint density at radius 1 is 1.44 bits per heavy atom. The SMILES string of the molecule is NC(=S)N[NH+]=Cc1cc(Br)c(O)c(Br)c1O. The number of phenolic OH excluding ortho intramolecular Hbond substituents is 2. The van der Waals surface area contributed by atoms with Crippen LogP contribution in [0.25, 0.3) is 0 Å². The molecule has 1 aromatic rings. The maximum Gasteiger partial charge on any atom is 0.221 e. The first kappa shape index (κ1) is 13.2. The van der Waals surface area contributed by atoms with E-state index in [-0.39, 0.29) is 21.1 Å². The van der Waals surface area contributed by atoms with Crippen molar-refractivity contribution >= 4 is 55.4 Å². The van der Waals surface area contributed by atoms with Crippen molar-refractivity contribution in [3.8, 4) is 11.5 Å². The number of aromatic hydroxyl groups is 2. The highest BCUT2D eigenvalue weighted by Crippen LogP contribution is 2.40. The summed E-state index contributed by atoms with van der Waals surface area (Å²) in [6.07, 6.45) is 1.45. The lowest BCUT2D eigenvalue weighted by atomic mass is 10.2. The van der Waals surface area contributed by atoms with E-state index in [9.17, 15) is 10.2 Å². The number of phenols is 2. The molecule has 0 aromatic heterocycles. The van der Waals surface area contributed by atoms with Crippen LogP contribution in [-0.2, 0) is 0 Å². The standard InChI is InChI=1S/C8H7Br2N3O2S/c9-4-1-3(2-12-13-8(11)16)6(14)5(10)7(4)15/h1-2,14-15H,(H3,11,13,16)/p+1. The Hall–Kier alpha value is -0.860. The molecule has 0 spiro atoms. The number of halogens is 2. The Labute approximate surface area is 114 Å². The third-order valence-corrected chi connectivity index (χ3v) is 3.08. The zero-order valence-corrected chi connectivity index (χ0v) is 11.8. The molecular weight excluding hydrogens is 362 g/mol. The van der Waals surface area contributed by atoms with E-state index in [1.54, 1.807) is 0 Å². The number of hydrazine groups is 1. The zero-order valence-electron chi connectivity index (χ0n) is 7.79. The van der Waals surface area contributed by atoms with Gasteiger partial charge in [-0.05, 0) is 50.1 Å². The van der Waals surface area contributed by atoms with E-state index < -0.39 is 0 Å². The molecule has 86 valence electrons. The summed E-state index contributed by atoms with van der Waals surface area (Å²) >= 11 is 10.8. The molecule has 0 amide bonds. The molecule has 1 rings (SSSR count). The maximum atomic E-state index is 9.68. The molecule has 0 bridgehead atoms. The van der Waals surface area contributed by atoms with E-state index in [0.29, 0.717) is 10.0 Å². The van der Waals surface area contributed by atoms with Crippen molar-refractivity contribution < 1.29 is 15.3 Å². The summed E-state index contributed by atoms with van der Waals surface area (Å²) < 4.78 is 0.644. The first-order valence-electron chi connectivity index (χ1n) is 3.97. The normalized spacial score (nSPS) is 10.6. The molecule has 5 nitrogen and oxygen atoms in total. The van der Waals surface area contributed by atoms with Crippen molar-refractivity contribution in [2.24, 2.45) is 5.73 Å². The predicted molar refractivity (Wildman–Crippen MR) is 71.2 cm³/mol. The molecule has 8 heteroatoms. The fraction of sp³-hybridized carbons (Fsp3) is 0. The van der Waals surface area contributed by atoms with E-state index in [4.69, 9.17) is 5.73 Å². The van der Waals surface area contributed by atoms with Crippen LogP contribution in [0.4, 0.5) is 0 Å². The van der Waals surface area contributed by atoms with Crippen molar-refractivity contribution in [2.45, 2.75) is 0 Å². The quantitative estimate of drug-likeness (QED) is 0.284. The van der Waals surface area contributed by atoms with E-state index in [0.717, 1.165) is 0 Å². The summed E-state index contributed by atoms with van der Waals surface area (Å²) in [5.74, 6) is -0.171. The average Bonchev–Trinajstić information content (AvgIpc) is 2.22. The van der Waals surface area contributed by atoms with Crippen LogP contribution >= 0.6 is 44.1 Å². The second-order valence-corrected chi connectivity index (χ2v) is 4.82. The van der Waals surface area contributed by atoms with Crippen molar-refractivity contribution in [3.63, 3.8) is 0 Å². The maximum absolute atomic E-state index is 9.68. The highest BCUT2D eigenvalue weighted by Gasteiger charge is 2.14. The molecule has 0 fully saturated rings. The summed E-state index contributed by atoms with van der Waals surface area (Å²) in [7, 11) is 0. The number of rotatable bonds is 2. The minimum atomic E-state index is -0.0991. The van der Waals surface area contributed by atoms with Gasteiger partial charge in [0.1, 0.15) is 16.0 Å². The highest BCUT2D eigenvalue weighted by atomic mass is 79.9. The third kappa shape index (κ3) is 3.06. The Morgan fingerprint density at radius 2 is 2.06 bits per heavy atom.